The third-order valence-corrected chi connectivity index (χ3v) is 2.67. The number of hydrogen-bond donors (Lipinski definition) is 0. The highest BCUT2D eigenvalue weighted by atomic mass is 19.4. The van der Waals surface area contributed by atoms with Crippen LogP contribution in [0.4, 0.5) is 13.2 Å². The fourth-order valence-electron chi connectivity index (χ4n) is 1.61. The Kier molecular flexibility index (Phi) is 4.67. The van der Waals surface area contributed by atoms with Crippen molar-refractivity contribution in [2.24, 2.45) is 5.41 Å². The lowest BCUT2D eigenvalue weighted by Gasteiger charge is -2.19. The van der Waals surface area contributed by atoms with Crippen LogP contribution >= 0.6 is 0 Å². The number of nitriles is 3. The molecule has 20 heavy (non-hydrogen) atoms. The molecule has 0 aliphatic heterocycles. The van der Waals surface area contributed by atoms with Crippen molar-refractivity contribution in [2.75, 3.05) is 0 Å². The highest BCUT2D eigenvalue weighted by Crippen LogP contribution is 2.32. The van der Waals surface area contributed by atoms with Crippen LogP contribution in [0.15, 0.2) is 18.2 Å². The summed E-state index contributed by atoms with van der Waals surface area (Å²) in [7, 11) is 0. The van der Waals surface area contributed by atoms with E-state index in [-0.39, 0.29) is 17.8 Å². The Balaban J connectivity index is 2.95. The lowest BCUT2D eigenvalue weighted by atomic mass is 9.81. The van der Waals surface area contributed by atoms with Crippen LogP contribution in [-0.4, -0.2) is 11.2 Å². The van der Waals surface area contributed by atoms with E-state index >= 15 is 0 Å². The smallest absolute Gasteiger partial charge is 0.242 e. The number of rotatable bonds is 4. The molecule has 0 radical (unpaired) electrons. The molecule has 1 rings (SSSR count). The Morgan fingerprint density at radius 1 is 1.05 bits per heavy atom. The zero-order chi connectivity index (χ0) is 15.2. The monoisotopic (exact) mass is 278 g/mol. The molecule has 0 amide bonds. The summed E-state index contributed by atoms with van der Waals surface area (Å²) in [6.45, 7) is 0. The maximum atomic E-state index is 12.2. The number of alkyl halides is 3. The summed E-state index contributed by atoms with van der Waals surface area (Å²) in [5.41, 5.74) is -1.46. The van der Waals surface area contributed by atoms with Crippen molar-refractivity contribution in [1.82, 2.24) is 4.98 Å². The molecule has 0 atom stereocenters. The number of hydrogen-bond acceptors (Lipinski definition) is 4. The quantitative estimate of drug-likeness (QED) is 0.847. The van der Waals surface area contributed by atoms with Crippen LogP contribution < -0.4 is 0 Å². The number of aromatic nitrogens is 1. The van der Waals surface area contributed by atoms with Gasteiger partial charge in [0.15, 0.2) is 0 Å². The minimum atomic E-state index is -4.43. The molecule has 4 nitrogen and oxygen atoms in total. The summed E-state index contributed by atoms with van der Waals surface area (Å²) in [5, 5.41) is 26.8. The van der Waals surface area contributed by atoms with Gasteiger partial charge >= 0.3 is 6.18 Å². The molecule has 0 saturated carbocycles. The van der Waals surface area contributed by atoms with Crippen LogP contribution in [0.5, 0.6) is 0 Å². The Morgan fingerprint density at radius 3 is 2.20 bits per heavy atom. The first-order valence-electron chi connectivity index (χ1n) is 5.59. The highest BCUT2D eigenvalue weighted by molar-refractivity contribution is 5.25. The zero-order valence-corrected chi connectivity index (χ0v) is 10.3. The van der Waals surface area contributed by atoms with Crippen LogP contribution in [0, 0.1) is 39.4 Å². The standard InChI is InChI=1S/C13H9F3N4/c14-13(15,16)5-4-12(8-18,9-19)6-10-2-1-3-11(7-17)20-10/h1-3H,4-6H2. The SMILES string of the molecule is N#Cc1cccc(CC(C#N)(C#N)CCC(F)(F)F)n1. The summed E-state index contributed by atoms with van der Waals surface area (Å²) in [6.07, 6.45) is -6.51. The molecule has 0 fully saturated rings. The summed E-state index contributed by atoms with van der Waals surface area (Å²) in [5.74, 6) is 0. The van der Waals surface area contributed by atoms with Gasteiger partial charge in [0, 0.05) is 18.5 Å². The van der Waals surface area contributed by atoms with Gasteiger partial charge in [0.25, 0.3) is 0 Å². The Bertz CT molecular complexity index is 588. The molecule has 0 aromatic carbocycles. The molecule has 0 aliphatic rings. The first-order valence-corrected chi connectivity index (χ1v) is 5.59. The molecule has 0 unspecified atom stereocenters. The normalized spacial score (nSPS) is 11.2. The summed E-state index contributed by atoms with van der Waals surface area (Å²) in [6, 6.07) is 9.47. The second-order valence-corrected chi connectivity index (χ2v) is 4.22. The number of nitrogens with zero attached hydrogens (tertiary/aromatic N) is 4. The second kappa shape index (κ2) is 6.04. The summed E-state index contributed by atoms with van der Waals surface area (Å²) < 4.78 is 36.7. The fraction of sp³-hybridized carbons (Fsp3) is 0.385. The molecule has 0 aliphatic carbocycles. The van der Waals surface area contributed by atoms with Gasteiger partial charge in [0.2, 0.25) is 0 Å². The van der Waals surface area contributed by atoms with Gasteiger partial charge in [-0.25, -0.2) is 4.98 Å². The maximum absolute atomic E-state index is 12.2. The van der Waals surface area contributed by atoms with E-state index in [0.29, 0.717) is 0 Å². The minimum absolute atomic E-state index is 0.0862. The van der Waals surface area contributed by atoms with Gasteiger partial charge in [-0.1, -0.05) is 6.07 Å². The van der Waals surface area contributed by atoms with Gasteiger partial charge < -0.3 is 0 Å². The lowest BCUT2D eigenvalue weighted by molar-refractivity contribution is -0.138. The predicted molar refractivity (Wildman–Crippen MR) is 61.6 cm³/mol. The molecule has 0 bridgehead atoms. The molecular formula is C13H9F3N4. The molecule has 7 heteroatoms. The summed E-state index contributed by atoms with van der Waals surface area (Å²) >= 11 is 0. The molecule has 1 aromatic rings. The van der Waals surface area contributed by atoms with E-state index < -0.39 is 24.4 Å². The van der Waals surface area contributed by atoms with Gasteiger partial charge in [0.05, 0.1) is 12.1 Å². The van der Waals surface area contributed by atoms with E-state index in [4.69, 9.17) is 15.8 Å². The second-order valence-electron chi connectivity index (χ2n) is 4.22. The van der Waals surface area contributed by atoms with Crippen LogP contribution in [0.25, 0.3) is 0 Å². The fourth-order valence-corrected chi connectivity index (χ4v) is 1.61. The Labute approximate surface area is 113 Å². The number of pyridine rings is 1. The molecule has 102 valence electrons. The van der Waals surface area contributed by atoms with Gasteiger partial charge in [-0.05, 0) is 18.6 Å². The highest BCUT2D eigenvalue weighted by Gasteiger charge is 2.37. The van der Waals surface area contributed by atoms with Gasteiger partial charge in [-0.15, -0.1) is 0 Å². The van der Waals surface area contributed by atoms with Gasteiger partial charge in [0.1, 0.15) is 17.2 Å². The van der Waals surface area contributed by atoms with Crippen molar-refractivity contribution in [1.29, 1.82) is 15.8 Å². The van der Waals surface area contributed by atoms with Crippen molar-refractivity contribution < 1.29 is 13.2 Å². The van der Waals surface area contributed by atoms with E-state index in [9.17, 15) is 13.2 Å². The van der Waals surface area contributed by atoms with Crippen LogP contribution in [-0.2, 0) is 6.42 Å². The first-order chi connectivity index (χ1) is 9.34. The average molecular weight is 278 g/mol. The Hall–Kier alpha value is -2.59. The molecule has 0 saturated heterocycles. The van der Waals surface area contributed by atoms with E-state index in [2.05, 4.69) is 4.98 Å². The average Bonchev–Trinajstić information content (AvgIpc) is 2.43. The van der Waals surface area contributed by atoms with Gasteiger partial charge in [-0.3, -0.25) is 0 Å². The molecule has 0 N–H and O–H groups in total. The molecule has 1 aromatic heterocycles. The van der Waals surface area contributed by atoms with Crippen LogP contribution in [0.2, 0.25) is 0 Å². The van der Waals surface area contributed by atoms with Crippen molar-refractivity contribution >= 4 is 0 Å². The molecular weight excluding hydrogens is 269 g/mol. The van der Waals surface area contributed by atoms with Crippen molar-refractivity contribution in [3.05, 3.63) is 29.6 Å². The van der Waals surface area contributed by atoms with Gasteiger partial charge in [-0.2, -0.15) is 29.0 Å². The van der Waals surface area contributed by atoms with E-state index in [1.54, 1.807) is 18.2 Å². The van der Waals surface area contributed by atoms with Crippen LogP contribution in [0.3, 0.4) is 0 Å². The van der Waals surface area contributed by atoms with E-state index in [1.165, 1.54) is 18.2 Å². The predicted octanol–water partition coefficient (Wildman–Crippen LogP) is 2.87. The zero-order valence-electron chi connectivity index (χ0n) is 10.3. The summed E-state index contributed by atoms with van der Waals surface area (Å²) in [4.78, 5) is 3.87. The van der Waals surface area contributed by atoms with Crippen LogP contribution in [0.1, 0.15) is 24.2 Å². The van der Waals surface area contributed by atoms with Crippen molar-refractivity contribution in [3.63, 3.8) is 0 Å². The minimum Gasteiger partial charge on any atom is -0.242 e. The number of halogens is 3. The third-order valence-electron chi connectivity index (χ3n) is 2.67. The Morgan fingerprint density at radius 2 is 1.70 bits per heavy atom. The largest absolute Gasteiger partial charge is 0.389 e. The maximum Gasteiger partial charge on any atom is 0.389 e. The molecule has 0 spiro atoms. The van der Waals surface area contributed by atoms with E-state index in [1.807, 2.05) is 0 Å². The lowest BCUT2D eigenvalue weighted by Crippen LogP contribution is -2.23. The topological polar surface area (TPSA) is 84.3 Å². The van der Waals surface area contributed by atoms with Crippen molar-refractivity contribution in [2.45, 2.75) is 25.4 Å². The van der Waals surface area contributed by atoms with E-state index in [0.717, 1.165) is 0 Å². The molecule has 1 heterocycles. The first kappa shape index (κ1) is 15.5. The van der Waals surface area contributed by atoms with Crippen molar-refractivity contribution in [3.8, 4) is 18.2 Å². The third kappa shape index (κ3) is 4.26.